The van der Waals surface area contributed by atoms with Crippen LogP contribution >= 0.6 is 0 Å². The van der Waals surface area contributed by atoms with Crippen molar-refractivity contribution in [3.63, 3.8) is 0 Å². The van der Waals surface area contributed by atoms with E-state index in [1.165, 1.54) is 0 Å². The van der Waals surface area contributed by atoms with Crippen LogP contribution in [0.1, 0.15) is 49.9 Å². The molecule has 6 nitrogen and oxygen atoms in total. The van der Waals surface area contributed by atoms with E-state index >= 15 is 0 Å². The molecule has 0 spiro atoms. The molecular formula is C19H27NO5. The van der Waals surface area contributed by atoms with Crippen LogP contribution in [0, 0.1) is 0 Å². The first-order valence-corrected chi connectivity index (χ1v) is 8.95. The van der Waals surface area contributed by atoms with Crippen LogP contribution < -0.4 is 5.32 Å². The van der Waals surface area contributed by atoms with Gasteiger partial charge in [-0.1, -0.05) is 25.1 Å². The first-order chi connectivity index (χ1) is 12.2. The molecule has 1 N–H and O–H groups in total. The third-order valence-corrected chi connectivity index (χ3v) is 4.10. The second-order valence-corrected chi connectivity index (χ2v) is 5.95. The minimum atomic E-state index is -0.872. The number of benzene rings is 1. The average Bonchev–Trinajstić information content (AvgIpc) is 2.66. The van der Waals surface area contributed by atoms with Crippen LogP contribution in [0.3, 0.4) is 0 Å². The quantitative estimate of drug-likeness (QED) is 0.731. The normalized spacial score (nSPS) is 19.7. The van der Waals surface area contributed by atoms with Gasteiger partial charge in [0.1, 0.15) is 0 Å². The number of rotatable bonds is 8. The van der Waals surface area contributed by atoms with Crippen molar-refractivity contribution in [1.82, 2.24) is 5.32 Å². The van der Waals surface area contributed by atoms with Crippen LogP contribution in [0.15, 0.2) is 30.3 Å². The van der Waals surface area contributed by atoms with E-state index in [1.807, 2.05) is 13.0 Å². The van der Waals surface area contributed by atoms with Gasteiger partial charge < -0.3 is 19.5 Å². The van der Waals surface area contributed by atoms with Gasteiger partial charge in [0.25, 0.3) is 5.91 Å². The van der Waals surface area contributed by atoms with E-state index < -0.39 is 18.1 Å². The van der Waals surface area contributed by atoms with Crippen LogP contribution in [0.2, 0.25) is 0 Å². The highest BCUT2D eigenvalue weighted by Gasteiger charge is 2.33. The summed E-state index contributed by atoms with van der Waals surface area (Å²) < 4.78 is 16.7. The Bertz CT molecular complexity index is 542. The SMILES string of the molecule is CCOC(=O)C(NC(=O)c1ccccc1)[C@@H](CC)OC1CCCCO1. The molecule has 6 heteroatoms. The van der Waals surface area contributed by atoms with E-state index in [4.69, 9.17) is 14.2 Å². The van der Waals surface area contributed by atoms with E-state index in [0.717, 1.165) is 19.3 Å². The molecule has 1 aromatic carbocycles. The Balaban J connectivity index is 2.09. The Morgan fingerprint density at radius 1 is 1.24 bits per heavy atom. The summed E-state index contributed by atoms with van der Waals surface area (Å²) in [5.74, 6) is -0.820. The van der Waals surface area contributed by atoms with Crippen molar-refractivity contribution >= 4 is 11.9 Å². The van der Waals surface area contributed by atoms with Gasteiger partial charge in [-0.25, -0.2) is 4.79 Å². The number of carbonyl (C=O) groups is 2. The second-order valence-electron chi connectivity index (χ2n) is 5.95. The molecule has 1 fully saturated rings. The lowest BCUT2D eigenvalue weighted by molar-refractivity contribution is -0.198. The molecule has 138 valence electrons. The zero-order valence-corrected chi connectivity index (χ0v) is 14.9. The summed E-state index contributed by atoms with van der Waals surface area (Å²) in [6, 6.07) is 7.91. The predicted molar refractivity (Wildman–Crippen MR) is 93.1 cm³/mol. The Kier molecular flexibility index (Phi) is 7.88. The second kappa shape index (κ2) is 10.2. The van der Waals surface area contributed by atoms with Gasteiger partial charge in [-0.2, -0.15) is 0 Å². The summed E-state index contributed by atoms with van der Waals surface area (Å²) in [5, 5.41) is 2.76. The zero-order valence-electron chi connectivity index (χ0n) is 14.9. The lowest BCUT2D eigenvalue weighted by Crippen LogP contribution is -2.51. The Labute approximate surface area is 148 Å². The molecule has 0 aromatic heterocycles. The summed E-state index contributed by atoms with van der Waals surface area (Å²) in [4.78, 5) is 24.9. The molecule has 0 radical (unpaired) electrons. The van der Waals surface area contributed by atoms with E-state index in [0.29, 0.717) is 18.6 Å². The number of hydrogen-bond donors (Lipinski definition) is 1. The summed E-state index contributed by atoms with van der Waals surface area (Å²) in [5.41, 5.74) is 0.487. The minimum absolute atomic E-state index is 0.243. The van der Waals surface area contributed by atoms with Crippen molar-refractivity contribution in [3.05, 3.63) is 35.9 Å². The monoisotopic (exact) mass is 349 g/mol. The van der Waals surface area contributed by atoms with Crippen molar-refractivity contribution in [2.45, 2.75) is 58.0 Å². The molecule has 2 unspecified atom stereocenters. The number of carbonyl (C=O) groups excluding carboxylic acids is 2. The topological polar surface area (TPSA) is 73.9 Å². The maximum Gasteiger partial charge on any atom is 0.331 e. The van der Waals surface area contributed by atoms with Gasteiger partial charge in [0, 0.05) is 12.2 Å². The minimum Gasteiger partial charge on any atom is -0.464 e. The molecule has 3 atom stereocenters. The zero-order chi connectivity index (χ0) is 18.1. The van der Waals surface area contributed by atoms with Crippen LogP contribution in [0.4, 0.5) is 0 Å². The van der Waals surface area contributed by atoms with Crippen LogP contribution in [-0.4, -0.2) is 43.5 Å². The fourth-order valence-electron chi connectivity index (χ4n) is 2.77. The Morgan fingerprint density at radius 3 is 2.60 bits per heavy atom. The molecule has 1 aliphatic heterocycles. The van der Waals surface area contributed by atoms with Crippen molar-refractivity contribution < 1.29 is 23.8 Å². The van der Waals surface area contributed by atoms with Crippen LogP contribution in [0.25, 0.3) is 0 Å². The highest BCUT2D eigenvalue weighted by atomic mass is 16.7. The smallest absolute Gasteiger partial charge is 0.331 e. The molecule has 1 heterocycles. The van der Waals surface area contributed by atoms with Gasteiger partial charge in [-0.05, 0) is 44.7 Å². The fourth-order valence-corrected chi connectivity index (χ4v) is 2.77. The number of ether oxygens (including phenoxy) is 3. The van der Waals surface area contributed by atoms with Gasteiger partial charge >= 0.3 is 5.97 Å². The Morgan fingerprint density at radius 2 is 2.00 bits per heavy atom. The Hall–Kier alpha value is -1.92. The maximum atomic E-state index is 12.5. The standard InChI is InChI=1S/C19H27NO5/c1-3-15(25-16-12-8-9-13-24-16)17(19(22)23-4-2)20-18(21)14-10-6-5-7-11-14/h5-7,10-11,15-17H,3-4,8-9,12-13H2,1-2H3,(H,20,21)/t15-,16?,17?/m1/s1. The molecule has 25 heavy (non-hydrogen) atoms. The van der Waals surface area contributed by atoms with Crippen LogP contribution in [-0.2, 0) is 19.0 Å². The molecule has 2 rings (SSSR count). The first kappa shape index (κ1) is 19.4. The summed E-state index contributed by atoms with van der Waals surface area (Å²) in [7, 11) is 0. The van der Waals surface area contributed by atoms with Crippen molar-refractivity contribution in [2.75, 3.05) is 13.2 Å². The van der Waals surface area contributed by atoms with E-state index in [2.05, 4.69) is 5.32 Å². The average molecular weight is 349 g/mol. The maximum absolute atomic E-state index is 12.5. The summed E-state index contributed by atoms with van der Waals surface area (Å²) in [6.45, 7) is 4.54. The lowest BCUT2D eigenvalue weighted by atomic mass is 10.1. The van der Waals surface area contributed by atoms with Gasteiger partial charge in [0.2, 0.25) is 0 Å². The van der Waals surface area contributed by atoms with Gasteiger partial charge in [0.05, 0.1) is 12.7 Å². The van der Waals surface area contributed by atoms with Crippen molar-refractivity contribution in [3.8, 4) is 0 Å². The molecule has 0 saturated carbocycles. The van der Waals surface area contributed by atoms with Crippen LogP contribution in [0.5, 0.6) is 0 Å². The molecule has 1 saturated heterocycles. The molecule has 0 aliphatic carbocycles. The largest absolute Gasteiger partial charge is 0.464 e. The summed E-state index contributed by atoms with van der Waals surface area (Å²) >= 11 is 0. The molecule has 1 amide bonds. The number of amides is 1. The van der Waals surface area contributed by atoms with Gasteiger partial charge in [-0.15, -0.1) is 0 Å². The summed E-state index contributed by atoms with van der Waals surface area (Å²) in [6.07, 6.45) is 2.54. The molecular weight excluding hydrogens is 322 g/mol. The molecule has 0 bridgehead atoms. The first-order valence-electron chi connectivity index (χ1n) is 8.95. The van der Waals surface area contributed by atoms with Gasteiger partial charge in [-0.3, -0.25) is 4.79 Å². The van der Waals surface area contributed by atoms with Crippen molar-refractivity contribution in [1.29, 1.82) is 0 Å². The third-order valence-electron chi connectivity index (χ3n) is 4.10. The number of esters is 1. The van der Waals surface area contributed by atoms with Crippen molar-refractivity contribution in [2.24, 2.45) is 0 Å². The van der Waals surface area contributed by atoms with E-state index in [-0.39, 0.29) is 18.8 Å². The third kappa shape index (κ3) is 5.83. The van der Waals surface area contributed by atoms with E-state index in [1.54, 1.807) is 31.2 Å². The highest BCUT2D eigenvalue weighted by Crippen LogP contribution is 2.19. The lowest BCUT2D eigenvalue weighted by Gasteiger charge is -2.31. The van der Waals surface area contributed by atoms with Gasteiger partial charge in [0.15, 0.2) is 12.3 Å². The fraction of sp³-hybridized carbons (Fsp3) is 0.579. The number of nitrogens with one attached hydrogen (secondary N) is 1. The van der Waals surface area contributed by atoms with E-state index in [9.17, 15) is 9.59 Å². The molecule has 1 aliphatic rings. The predicted octanol–water partition coefficient (Wildman–Crippen LogP) is 2.67. The molecule has 1 aromatic rings. The number of hydrogen-bond acceptors (Lipinski definition) is 5. The highest BCUT2D eigenvalue weighted by molar-refractivity contribution is 5.96.